The van der Waals surface area contributed by atoms with Crippen molar-refractivity contribution < 1.29 is 4.74 Å². The Morgan fingerprint density at radius 1 is 0.600 bits per heavy atom. The summed E-state index contributed by atoms with van der Waals surface area (Å²) in [5, 5.41) is 0. The number of nitrogens with zero attached hydrogens (tertiary/aromatic N) is 2. The zero-order valence-electron chi connectivity index (χ0n) is 21.6. The highest BCUT2D eigenvalue weighted by Crippen LogP contribution is 2.37. The summed E-state index contributed by atoms with van der Waals surface area (Å²) in [7, 11) is 0. The first kappa shape index (κ1) is 26.3. The van der Waals surface area contributed by atoms with E-state index >= 15 is 0 Å². The lowest BCUT2D eigenvalue weighted by Crippen LogP contribution is -2.05. The molecule has 4 aromatic rings. The van der Waals surface area contributed by atoms with Gasteiger partial charge in [0.2, 0.25) is 0 Å². The maximum Gasteiger partial charge on any atom is 0.302 e. The second-order valence-corrected chi connectivity index (χ2v) is 8.76. The van der Waals surface area contributed by atoms with E-state index in [4.69, 9.17) is 9.72 Å². The fourth-order valence-electron chi connectivity index (χ4n) is 3.84. The number of rotatable bonds is 11. The number of para-hydroxylation sites is 1. The Morgan fingerprint density at radius 2 is 1.14 bits per heavy atom. The molecule has 3 heteroatoms. The van der Waals surface area contributed by atoms with E-state index in [1.54, 1.807) is 0 Å². The van der Waals surface area contributed by atoms with E-state index in [2.05, 4.69) is 98.1 Å². The van der Waals surface area contributed by atoms with Gasteiger partial charge in [-0.3, -0.25) is 4.57 Å². The summed E-state index contributed by atoms with van der Waals surface area (Å²) in [6, 6.07) is 31.8. The van der Waals surface area contributed by atoms with Crippen molar-refractivity contribution in [3.8, 4) is 34.2 Å². The molecule has 0 bridgehead atoms. The molecule has 0 aliphatic heterocycles. The predicted octanol–water partition coefficient (Wildman–Crippen LogP) is 9.36. The van der Waals surface area contributed by atoms with Crippen molar-refractivity contribution in [3.05, 3.63) is 91.0 Å². The van der Waals surface area contributed by atoms with Gasteiger partial charge >= 0.3 is 6.01 Å². The smallest absolute Gasteiger partial charge is 0.302 e. The van der Waals surface area contributed by atoms with Gasteiger partial charge in [0.15, 0.2) is 0 Å². The van der Waals surface area contributed by atoms with Gasteiger partial charge < -0.3 is 4.74 Å². The highest BCUT2D eigenvalue weighted by Gasteiger charge is 2.22. The van der Waals surface area contributed by atoms with Crippen LogP contribution in [0.3, 0.4) is 0 Å². The molecular formula is C32H40N2O. The van der Waals surface area contributed by atoms with Gasteiger partial charge in [-0.15, -0.1) is 0 Å². The standard InChI is InChI=1S/C28H30N2O.C4H10/c1-2-3-4-5-15-22-31-28-29-26(23-16-9-6-10-17-23)27(24-18-11-7-12-19-24)30(28)25-20-13-8-14-21-25;1-3-4-2/h6-14,16-21H,2-5,15,22H2,1H3;3-4H2,1-2H3. The fourth-order valence-corrected chi connectivity index (χ4v) is 3.84. The van der Waals surface area contributed by atoms with E-state index in [1.807, 2.05) is 18.2 Å². The van der Waals surface area contributed by atoms with Crippen LogP contribution in [0, 0.1) is 0 Å². The van der Waals surface area contributed by atoms with Crippen LogP contribution in [0.1, 0.15) is 65.7 Å². The third kappa shape index (κ3) is 7.58. The quantitative estimate of drug-likeness (QED) is 0.205. The molecule has 0 spiro atoms. The molecule has 1 heterocycles. The summed E-state index contributed by atoms with van der Waals surface area (Å²) < 4.78 is 8.44. The van der Waals surface area contributed by atoms with Crippen LogP contribution in [0.2, 0.25) is 0 Å². The Hall–Kier alpha value is -3.33. The second kappa shape index (κ2) is 14.8. The van der Waals surface area contributed by atoms with Gasteiger partial charge in [-0.25, -0.2) is 0 Å². The van der Waals surface area contributed by atoms with Crippen LogP contribution in [0.25, 0.3) is 28.2 Å². The Morgan fingerprint density at radius 3 is 1.71 bits per heavy atom. The molecule has 3 aromatic carbocycles. The van der Waals surface area contributed by atoms with Crippen molar-refractivity contribution in [2.75, 3.05) is 6.61 Å². The first-order chi connectivity index (χ1) is 17.3. The molecule has 0 radical (unpaired) electrons. The fraction of sp³-hybridized carbons (Fsp3) is 0.344. The lowest BCUT2D eigenvalue weighted by Gasteiger charge is -2.13. The molecule has 35 heavy (non-hydrogen) atoms. The van der Waals surface area contributed by atoms with Gasteiger partial charge in [-0.2, -0.15) is 4.98 Å². The van der Waals surface area contributed by atoms with Crippen molar-refractivity contribution in [2.45, 2.75) is 65.7 Å². The molecule has 0 N–H and O–H groups in total. The number of hydrogen-bond acceptors (Lipinski definition) is 2. The van der Waals surface area contributed by atoms with Crippen LogP contribution in [-0.4, -0.2) is 16.2 Å². The third-order valence-corrected chi connectivity index (χ3v) is 5.93. The zero-order chi connectivity index (χ0) is 24.7. The highest BCUT2D eigenvalue weighted by atomic mass is 16.5. The maximum absolute atomic E-state index is 6.29. The molecule has 0 saturated carbocycles. The number of aromatic nitrogens is 2. The lowest BCUT2D eigenvalue weighted by atomic mass is 10.0. The molecule has 0 saturated heterocycles. The summed E-state index contributed by atoms with van der Waals surface area (Å²) in [5.41, 5.74) is 5.26. The van der Waals surface area contributed by atoms with Crippen LogP contribution in [-0.2, 0) is 0 Å². The molecule has 0 fully saturated rings. The zero-order valence-corrected chi connectivity index (χ0v) is 21.6. The Bertz CT molecular complexity index is 1090. The Kier molecular flexibility index (Phi) is 11.1. The molecule has 0 amide bonds. The summed E-state index contributed by atoms with van der Waals surface area (Å²) in [4.78, 5) is 5.01. The van der Waals surface area contributed by atoms with Crippen molar-refractivity contribution in [2.24, 2.45) is 0 Å². The number of hydrogen-bond donors (Lipinski definition) is 0. The van der Waals surface area contributed by atoms with Crippen LogP contribution in [0.5, 0.6) is 6.01 Å². The summed E-state index contributed by atoms with van der Waals surface area (Å²) in [5.74, 6) is 0. The second-order valence-electron chi connectivity index (χ2n) is 8.76. The summed E-state index contributed by atoms with van der Waals surface area (Å²) >= 11 is 0. The number of unbranched alkanes of at least 4 members (excludes halogenated alkanes) is 5. The van der Waals surface area contributed by atoms with E-state index in [0.29, 0.717) is 12.6 Å². The minimum Gasteiger partial charge on any atom is -0.464 e. The van der Waals surface area contributed by atoms with Gasteiger partial charge in [0.25, 0.3) is 0 Å². The predicted molar refractivity (Wildman–Crippen MR) is 149 cm³/mol. The minimum absolute atomic E-state index is 0.652. The van der Waals surface area contributed by atoms with Gasteiger partial charge in [-0.05, 0) is 18.6 Å². The average Bonchev–Trinajstić information content (AvgIpc) is 3.31. The van der Waals surface area contributed by atoms with Gasteiger partial charge in [-0.1, -0.05) is 138 Å². The van der Waals surface area contributed by atoms with E-state index in [1.165, 1.54) is 38.5 Å². The van der Waals surface area contributed by atoms with Crippen molar-refractivity contribution in [1.29, 1.82) is 0 Å². The van der Waals surface area contributed by atoms with Crippen molar-refractivity contribution >= 4 is 0 Å². The topological polar surface area (TPSA) is 27.1 Å². The van der Waals surface area contributed by atoms with E-state index in [-0.39, 0.29) is 0 Å². The molecule has 4 rings (SSSR count). The Labute approximate surface area is 211 Å². The highest BCUT2D eigenvalue weighted by molar-refractivity contribution is 5.81. The van der Waals surface area contributed by atoms with Crippen molar-refractivity contribution in [3.63, 3.8) is 0 Å². The van der Waals surface area contributed by atoms with Gasteiger partial charge in [0, 0.05) is 11.1 Å². The average molecular weight is 469 g/mol. The third-order valence-electron chi connectivity index (χ3n) is 5.93. The van der Waals surface area contributed by atoms with Crippen LogP contribution < -0.4 is 4.74 Å². The normalized spacial score (nSPS) is 10.5. The molecule has 0 aliphatic rings. The van der Waals surface area contributed by atoms with Crippen molar-refractivity contribution in [1.82, 2.24) is 9.55 Å². The van der Waals surface area contributed by atoms with E-state index < -0.39 is 0 Å². The van der Waals surface area contributed by atoms with E-state index in [9.17, 15) is 0 Å². The van der Waals surface area contributed by atoms with Crippen LogP contribution >= 0.6 is 0 Å². The molecule has 0 unspecified atom stereocenters. The molecule has 0 aliphatic carbocycles. The lowest BCUT2D eigenvalue weighted by molar-refractivity contribution is 0.278. The number of imidazole rings is 1. The first-order valence-electron chi connectivity index (χ1n) is 13.2. The first-order valence-corrected chi connectivity index (χ1v) is 13.2. The van der Waals surface area contributed by atoms with Gasteiger partial charge in [0.1, 0.15) is 5.69 Å². The molecule has 1 aromatic heterocycles. The molecule has 3 nitrogen and oxygen atoms in total. The summed E-state index contributed by atoms with van der Waals surface area (Å²) in [6.07, 6.45) is 8.67. The van der Waals surface area contributed by atoms with Gasteiger partial charge in [0.05, 0.1) is 18.0 Å². The Balaban J connectivity index is 0.000000795. The number of ether oxygens (including phenoxy) is 1. The van der Waals surface area contributed by atoms with Crippen LogP contribution in [0.15, 0.2) is 91.0 Å². The van der Waals surface area contributed by atoms with E-state index in [0.717, 1.165) is 34.6 Å². The molecular weight excluding hydrogens is 428 g/mol. The molecule has 0 atom stereocenters. The number of benzene rings is 3. The molecule has 184 valence electrons. The van der Waals surface area contributed by atoms with Crippen LogP contribution in [0.4, 0.5) is 0 Å². The SMILES string of the molecule is CCCC.CCCCCCCOc1nc(-c2ccccc2)c(-c2ccccc2)n1-c1ccccc1. The minimum atomic E-state index is 0.652. The monoisotopic (exact) mass is 468 g/mol. The summed E-state index contributed by atoms with van der Waals surface area (Å²) in [6.45, 7) is 7.28. The largest absolute Gasteiger partial charge is 0.464 e. The maximum atomic E-state index is 6.29.